The maximum absolute atomic E-state index is 12.7. The Morgan fingerprint density at radius 3 is 2.43 bits per heavy atom. The van der Waals surface area contributed by atoms with E-state index in [4.69, 9.17) is 4.74 Å². The zero-order valence-corrected chi connectivity index (χ0v) is 17.8. The Kier molecular flexibility index (Phi) is 5.32. The van der Waals surface area contributed by atoms with E-state index in [-0.39, 0.29) is 23.5 Å². The summed E-state index contributed by atoms with van der Waals surface area (Å²) in [4.78, 5) is 30.6. The van der Waals surface area contributed by atoms with Crippen molar-refractivity contribution in [3.8, 4) is 11.8 Å². The van der Waals surface area contributed by atoms with Crippen LogP contribution in [0.4, 0.5) is 0 Å². The third-order valence-corrected chi connectivity index (χ3v) is 5.78. The number of benzene rings is 1. The van der Waals surface area contributed by atoms with Crippen LogP contribution in [0, 0.1) is 0 Å². The molecule has 158 valence electrons. The molecule has 1 aromatic carbocycles. The van der Waals surface area contributed by atoms with E-state index in [2.05, 4.69) is 22.2 Å². The fraction of sp³-hybridized carbons (Fsp3) is 0.455. The third kappa shape index (κ3) is 3.69. The van der Waals surface area contributed by atoms with Crippen LogP contribution in [0.15, 0.2) is 35.3 Å². The van der Waals surface area contributed by atoms with Gasteiger partial charge >= 0.3 is 6.01 Å². The van der Waals surface area contributed by atoms with Crippen molar-refractivity contribution in [3.05, 3.63) is 46.4 Å². The standard InChI is InChI=1S/C22H27N5O3/c1-14(2)27-20-19(13-23-27)21(29)25(4)22(24-20)30-18-7-5-16(6-8-18)17-9-11-26(12-10-17)15(3)28/h5-8,13-14,17H,9-12H2,1-4H3. The lowest BCUT2D eigenvalue weighted by Gasteiger charge is -2.31. The predicted octanol–water partition coefficient (Wildman–Crippen LogP) is 3.23. The van der Waals surface area contributed by atoms with Crippen LogP contribution in [0.25, 0.3) is 11.0 Å². The summed E-state index contributed by atoms with van der Waals surface area (Å²) in [7, 11) is 1.65. The van der Waals surface area contributed by atoms with Gasteiger partial charge in [-0.1, -0.05) is 12.1 Å². The van der Waals surface area contributed by atoms with Gasteiger partial charge in [-0.05, 0) is 50.3 Å². The van der Waals surface area contributed by atoms with E-state index in [1.807, 2.05) is 30.9 Å². The highest BCUT2D eigenvalue weighted by Crippen LogP contribution is 2.30. The SMILES string of the molecule is CC(=O)N1CCC(c2ccc(Oc3nc4c(cnn4C(C)C)c(=O)n3C)cc2)CC1. The summed E-state index contributed by atoms with van der Waals surface area (Å²) < 4.78 is 9.08. The van der Waals surface area contributed by atoms with Crippen molar-refractivity contribution in [2.75, 3.05) is 13.1 Å². The molecule has 8 nitrogen and oxygen atoms in total. The van der Waals surface area contributed by atoms with Crippen LogP contribution in [0.1, 0.15) is 51.1 Å². The van der Waals surface area contributed by atoms with Crippen LogP contribution in [0.5, 0.6) is 11.8 Å². The summed E-state index contributed by atoms with van der Waals surface area (Å²) in [6, 6.07) is 8.24. The van der Waals surface area contributed by atoms with Gasteiger partial charge in [-0.25, -0.2) is 4.68 Å². The minimum absolute atomic E-state index is 0.0867. The minimum Gasteiger partial charge on any atom is -0.425 e. The lowest BCUT2D eigenvalue weighted by atomic mass is 9.89. The zero-order valence-electron chi connectivity index (χ0n) is 17.8. The molecule has 3 heterocycles. The highest BCUT2D eigenvalue weighted by Gasteiger charge is 2.22. The fourth-order valence-corrected chi connectivity index (χ4v) is 3.96. The van der Waals surface area contributed by atoms with Crippen LogP contribution in [0.2, 0.25) is 0 Å². The van der Waals surface area contributed by atoms with Crippen LogP contribution in [0.3, 0.4) is 0 Å². The van der Waals surface area contributed by atoms with Crippen molar-refractivity contribution in [1.82, 2.24) is 24.2 Å². The number of amides is 1. The average molecular weight is 409 g/mol. The number of fused-ring (bicyclic) bond motifs is 1. The number of piperidine rings is 1. The van der Waals surface area contributed by atoms with Gasteiger partial charge in [-0.15, -0.1) is 0 Å². The molecule has 0 aliphatic carbocycles. The Bertz CT molecular complexity index is 1120. The van der Waals surface area contributed by atoms with Crippen LogP contribution >= 0.6 is 0 Å². The number of ether oxygens (including phenoxy) is 1. The molecule has 3 aromatic rings. The quantitative estimate of drug-likeness (QED) is 0.661. The Labute approximate surface area is 175 Å². The van der Waals surface area contributed by atoms with E-state index < -0.39 is 0 Å². The number of hydrogen-bond donors (Lipinski definition) is 0. The van der Waals surface area contributed by atoms with Crippen molar-refractivity contribution < 1.29 is 9.53 Å². The van der Waals surface area contributed by atoms with Gasteiger partial charge in [0.25, 0.3) is 5.56 Å². The summed E-state index contributed by atoms with van der Waals surface area (Å²) in [5.41, 5.74) is 1.58. The average Bonchev–Trinajstić information content (AvgIpc) is 3.17. The van der Waals surface area contributed by atoms with Crippen molar-refractivity contribution >= 4 is 16.9 Å². The van der Waals surface area contributed by atoms with E-state index in [1.54, 1.807) is 24.9 Å². The fourth-order valence-electron chi connectivity index (χ4n) is 3.96. The highest BCUT2D eigenvalue weighted by molar-refractivity contribution is 5.74. The van der Waals surface area contributed by atoms with E-state index in [0.29, 0.717) is 22.7 Å². The molecule has 0 N–H and O–H groups in total. The topological polar surface area (TPSA) is 82.2 Å². The second-order valence-corrected chi connectivity index (χ2v) is 8.13. The van der Waals surface area contributed by atoms with Crippen molar-refractivity contribution in [1.29, 1.82) is 0 Å². The zero-order chi connectivity index (χ0) is 21.4. The number of nitrogens with zero attached hydrogens (tertiary/aromatic N) is 5. The minimum atomic E-state index is -0.184. The lowest BCUT2D eigenvalue weighted by Crippen LogP contribution is -2.36. The smallest absolute Gasteiger partial charge is 0.306 e. The van der Waals surface area contributed by atoms with Crippen molar-refractivity contribution in [2.24, 2.45) is 7.05 Å². The van der Waals surface area contributed by atoms with Crippen molar-refractivity contribution in [2.45, 2.75) is 45.6 Å². The summed E-state index contributed by atoms with van der Waals surface area (Å²) >= 11 is 0. The monoisotopic (exact) mass is 409 g/mol. The van der Waals surface area contributed by atoms with Gasteiger partial charge in [0.05, 0.1) is 6.20 Å². The third-order valence-electron chi connectivity index (χ3n) is 5.78. The number of likely N-dealkylation sites (tertiary alicyclic amines) is 1. The van der Waals surface area contributed by atoms with E-state index in [0.717, 1.165) is 25.9 Å². The molecule has 30 heavy (non-hydrogen) atoms. The highest BCUT2D eigenvalue weighted by atomic mass is 16.5. The molecule has 1 fully saturated rings. The second kappa shape index (κ2) is 7.93. The van der Waals surface area contributed by atoms with Gasteiger partial charge in [0.2, 0.25) is 5.91 Å². The molecule has 1 amide bonds. The van der Waals surface area contributed by atoms with E-state index >= 15 is 0 Å². The first-order chi connectivity index (χ1) is 14.3. The first-order valence-corrected chi connectivity index (χ1v) is 10.3. The molecule has 4 rings (SSSR count). The molecule has 0 unspecified atom stereocenters. The maximum Gasteiger partial charge on any atom is 0.306 e. The molecule has 0 radical (unpaired) electrons. The number of hydrogen-bond acceptors (Lipinski definition) is 5. The predicted molar refractivity (Wildman–Crippen MR) is 114 cm³/mol. The Morgan fingerprint density at radius 1 is 1.17 bits per heavy atom. The molecule has 0 saturated carbocycles. The molecule has 0 atom stereocenters. The lowest BCUT2D eigenvalue weighted by molar-refractivity contribution is -0.129. The van der Waals surface area contributed by atoms with Gasteiger partial charge in [-0.2, -0.15) is 10.1 Å². The number of carbonyl (C=O) groups excluding carboxylic acids is 1. The molecule has 0 spiro atoms. The van der Waals surface area contributed by atoms with Gasteiger partial charge < -0.3 is 9.64 Å². The molecule has 2 aromatic heterocycles. The molecule has 1 aliphatic heterocycles. The molecule has 0 bridgehead atoms. The number of carbonyl (C=O) groups is 1. The molecule has 1 saturated heterocycles. The van der Waals surface area contributed by atoms with Crippen LogP contribution < -0.4 is 10.3 Å². The van der Waals surface area contributed by atoms with Gasteiger partial charge in [0.1, 0.15) is 11.1 Å². The summed E-state index contributed by atoms with van der Waals surface area (Å²) in [6.07, 6.45) is 3.48. The normalized spacial score (nSPS) is 15.2. The van der Waals surface area contributed by atoms with Gasteiger partial charge in [0, 0.05) is 33.1 Å². The number of rotatable bonds is 4. The second-order valence-electron chi connectivity index (χ2n) is 8.13. The van der Waals surface area contributed by atoms with E-state index in [9.17, 15) is 9.59 Å². The molecular formula is C22H27N5O3. The van der Waals surface area contributed by atoms with Crippen LogP contribution in [-0.2, 0) is 11.8 Å². The maximum atomic E-state index is 12.7. The summed E-state index contributed by atoms with van der Waals surface area (Å²) in [5, 5.41) is 4.76. The molecule has 8 heteroatoms. The van der Waals surface area contributed by atoms with Crippen LogP contribution in [-0.4, -0.2) is 43.2 Å². The van der Waals surface area contributed by atoms with E-state index in [1.165, 1.54) is 10.1 Å². The Hall–Kier alpha value is -3.16. The number of aromatic nitrogens is 4. The largest absolute Gasteiger partial charge is 0.425 e. The van der Waals surface area contributed by atoms with Crippen molar-refractivity contribution in [3.63, 3.8) is 0 Å². The Morgan fingerprint density at radius 2 is 1.83 bits per heavy atom. The first kappa shape index (κ1) is 20.1. The van der Waals surface area contributed by atoms with Gasteiger partial charge in [0.15, 0.2) is 5.65 Å². The summed E-state index contributed by atoms with van der Waals surface area (Å²) in [6.45, 7) is 7.21. The Balaban J connectivity index is 1.54. The van der Waals surface area contributed by atoms with Gasteiger partial charge in [-0.3, -0.25) is 14.2 Å². The first-order valence-electron chi connectivity index (χ1n) is 10.3. The molecular weight excluding hydrogens is 382 g/mol. The molecule has 1 aliphatic rings. The summed E-state index contributed by atoms with van der Waals surface area (Å²) in [5.74, 6) is 1.21.